The summed E-state index contributed by atoms with van der Waals surface area (Å²) < 4.78 is 0. The van der Waals surface area contributed by atoms with Crippen molar-refractivity contribution in [2.45, 2.75) is 0 Å². The Hall–Kier alpha value is -3.60. The number of allylic oxidation sites excluding steroid dienone is 1. The topological polar surface area (TPSA) is 71.5 Å². The quantitative estimate of drug-likeness (QED) is 0.457. The third kappa shape index (κ3) is 4.68. The van der Waals surface area contributed by atoms with Gasteiger partial charge in [0.1, 0.15) is 11.8 Å². The minimum atomic E-state index is 0.0319. The van der Waals surface area contributed by atoms with Gasteiger partial charge in [0, 0.05) is 5.56 Å². The zero-order valence-electron chi connectivity index (χ0n) is 13.4. The van der Waals surface area contributed by atoms with E-state index in [2.05, 4.69) is 19.9 Å². The second-order valence-electron chi connectivity index (χ2n) is 5.14. The van der Waals surface area contributed by atoms with Crippen molar-refractivity contribution in [3.8, 4) is 0 Å². The van der Waals surface area contributed by atoms with Crippen molar-refractivity contribution in [1.29, 1.82) is 0 Å². The van der Waals surface area contributed by atoms with Gasteiger partial charge in [-0.3, -0.25) is 4.79 Å². The zero-order valence-corrected chi connectivity index (χ0v) is 13.4. The summed E-state index contributed by atoms with van der Waals surface area (Å²) in [6, 6.07) is 19.1. The van der Waals surface area contributed by atoms with Crippen LogP contribution in [0.2, 0.25) is 0 Å². The molecule has 2 heterocycles. The van der Waals surface area contributed by atoms with Crippen LogP contribution in [0.25, 0.3) is 17.2 Å². The van der Waals surface area contributed by atoms with Gasteiger partial charge in [-0.25, -0.2) is 15.0 Å². The fraction of sp³-hybridized carbons (Fsp3) is 0. The minimum Gasteiger partial charge on any atom is -0.342 e. The van der Waals surface area contributed by atoms with Gasteiger partial charge in [-0.15, -0.1) is 0 Å². The Morgan fingerprint density at radius 1 is 0.920 bits per heavy atom. The number of aromatic nitrogens is 4. The first-order valence-electron chi connectivity index (χ1n) is 7.74. The van der Waals surface area contributed by atoms with Gasteiger partial charge >= 0.3 is 0 Å². The number of benzene rings is 2. The van der Waals surface area contributed by atoms with E-state index >= 15 is 0 Å². The summed E-state index contributed by atoms with van der Waals surface area (Å²) in [5.74, 6) is 0.0319. The molecule has 0 spiro atoms. The average molecular weight is 328 g/mol. The van der Waals surface area contributed by atoms with Crippen LogP contribution in [0.5, 0.6) is 0 Å². The van der Waals surface area contributed by atoms with Crippen LogP contribution in [0, 0.1) is 0 Å². The van der Waals surface area contributed by atoms with Gasteiger partial charge in [-0.2, -0.15) is 0 Å². The lowest BCUT2D eigenvalue weighted by Gasteiger charge is -1.94. The van der Waals surface area contributed by atoms with E-state index in [1.165, 1.54) is 6.33 Å². The smallest absolute Gasteiger partial charge is 0.185 e. The highest BCUT2D eigenvalue weighted by Crippen LogP contribution is 2.05. The van der Waals surface area contributed by atoms with Crippen LogP contribution in [-0.4, -0.2) is 25.7 Å². The molecule has 5 heteroatoms. The van der Waals surface area contributed by atoms with Crippen molar-refractivity contribution >= 4 is 23.0 Å². The molecule has 0 amide bonds. The van der Waals surface area contributed by atoms with Gasteiger partial charge in [-0.05, 0) is 11.6 Å². The number of H-pyrrole nitrogens is 1. The molecule has 25 heavy (non-hydrogen) atoms. The van der Waals surface area contributed by atoms with Crippen molar-refractivity contribution in [3.05, 3.63) is 96.7 Å². The average Bonchev–Trinajstić information content (AvgIpc) is 3.17. The maximum atomic E-state index is 11.7. The third-order valence-electron chi connectivity index (χ3n) is 3.38. The Kier molecular flexibility index (Phi) is 5.40. The Labute approximate surface area is 145 Å². The highest BCUT2D eigenvalue weighted by Gasteiger charge is 1.98. The molecule has 0 unspecified atom stereocenters. The van der Waals surface area contributed by atoms with Crippen molar-refractivity contribution in [2.24, 2.45) is 0 Å². The number of nitrogens with one attached hydrogen (secondary N) is 1. The lowest BCUT2D eigenvalue weighted by Crippen LogP contribution is -1.92. The normalized spacial score (nSPS) is 10.4. The Bertz CT molecular complexity index is 932. The number of imidazole rings is 1. The van der Waals surface area contributed by atoms with Crippen LogP contribution < -0.4 is 0 Å². The summed E-state index contributed by atoms with van der Waals surface area (Å²) in [7, 11) is 0. The summed E-state index contributed by atoms with van der Waals surface area (Å²) >= 11 is 0. The van der Waals surface area contributed by atoms with Crippen molar-refractivity contribution in [3.63, 3.8) is 0 Å². The molecule has 4 rings (SSSR count). The maximum Gasteiger partial charge on any atom is 0.185 e. The predicted molar refractivity (Wildman–Crippen MR) is 97.9 cm³/mol. The van der Waals surface area contributed by atoms with E-state index in [1.54, 1.807) is 18.6 Å². The highest BCUT2D eigenvalue weighted by molar-refractivity contribution is 6.06. The first-order valence-corrected chi connectivity index (χ1v) is 7.74. The van der Waals surface area contributed by atoms with E-state index in [9.17, 15) is 4.79 Å². The predicted octanol–water partition coefficient (Wildman–Crippen LogP) is 3.94. The molecule has 0 saturated heterocycles. The summed E-state index contributed by atoms with van der Waals surface area (Å²) in [5.41, 5.74) is 3.34. The second kappa shape index (κ2) is 8.31. The number of hydrogen-bond donors (Lipinski definition) is 1. The SMILES string of the molecule is O=C(C=Cc1ccccc1)c1ccccc1.c1ncc2[nH]cnc2n1. The molecule has 2 aromatic carbocycles. The minimum absolute atomic E-state index is 0.0319. The molecule has 0 aliphatic heterocycles. The summed E-state index contributed by atoms with van der Waals surface area (Å²) in [6.07, 6.45) is 8.19. The van der Waals surface area contributed by atoms with Crippen LogP contribution in [0.4, 0.5) is 0 Å². The zero-order chi connectivity index (χ0) is 17.3. The van der Waals surface area contributed by atoms with Gasteiger partial charge in [0.2, 0.25) is 0 Å². The summed E-state index contributed by atoms with van der Waals surface area (Å²) in [5, 5.41) is 0. The molecular weight excluding hydrogens is 312 g/mol. The fourth-order valence-electron chi connectivity index (χ4n) is 2.13. The van der Waals surface area contributed by atoms with Crippen molar-refractivity contribution in [2.75, 3.05) is 0 Å². The largest absolute Gasteiger partial charge is 0.342 e. The van der Waals surface area contributed by atoms with E-state index in [0.717, 1.165) is 16.6 Å². The van der Waals surface area contributed by atoms with Gasteiger partial charge in [0.05, 0.1) is 12.5 Å². The van der Waals surface area contributed by atoms with Crippen LogP contribution in [-0.2, 0) is 0 Å². The first-order chi connectivity index (χ1) is 12.3. The lowest BCUT2D eigenvalue weighted by molar-refractivity contribution is 0.104. The van der Waals surface area contributed by atoms with Crippen LogP contribution >= 0.6 is 0 Å². The standard InChI is InChI=1S/C15H12O.C5H4N4/c16-15(14-9-5-2-6-10-14)12-11-13-7-3-1-4-8-13;1-4-5(8-2-6-1)9-3-7-4/h1-12H;1-3H,(H,6,7,8,9). The molecule has 0 saturated carbocycles. The number of aromatic amines is 1. The lowest BCUT2D eigenvalue weighted by atomic mass is 10.1. The van der Waals surface area contributed by atoms with E-state index in [1.807, 2.05) is 66.7 Å². The number of carbonyl (C=O) groups is 1. The number of nitrogens with zero attached hydrogens (tertiary/aromatic N) is 3. The molecule has 4 aromatic rings. The van der Waals surface area contributed by atoms with Crippen LogP contribution in [0.1, 0.15) is 15.9 Å². The molecule has 0 atom stereocenters. The van der Waals surface area contributed by atoms with Crippen molar-refractivity contribution < 1.29 is 4.79 Å². The summed E-state index contributed by atoms with van der Waals surface area (Å²) in [4.78, 5) is 26.2. The molecule has 1 N–H and O–H groups in total. The second-order valence-corrected chi connectivity index (χ2v) is 5.14. The third-order valence-corrected chi connectivity index (χ3v) is 3.38. The Balaban J connectivity index is 0.000000170. The van der Waals surface area contributed by atoms with Crippen LogP contribution in [0.15, 0.2) is 85.6 Å². The molecule has 0 bridgehead atoms. The molecule has 0 aliphatic rings. The van der Waals surface area contributed by atoms with Gasteiger partial charge < -0.3 is 4.98 Å². The number of hydrogen-bond acceptors (Lipinski definition) is 4. The van der Waals surface area contributed by atoms with E-state index < -0.39 is 0 Å². The molecule has 0 fully saturated rings. The van der Waals surface area contributed by atoms with Gasteiger partial charge in [0.15, 0.2) is 11.4 Å². The van der Waals surface area contributed by atoms with Gasteiger partial charge in [-0.1, -0.05) is 66.7 Å². The number of ketones is 1. The van der Waals surface area contributed by atoms with Crippen molar-refractivity contribution in [1.82, 2.24) is 19.9 Å². The molecule has 2 aromatic heterocycles. The monoisotopic (exact) mass is 328 g/mol. The molecule has 122 valence electrons. The molecule has 0 aliphatic carbocycles. The maximum absolute atomic E-state index is 11.7. The van der Waals surface area contributed by atoms with E-state index in [-0.39, 0.29) is 5.78 Å². The van der Waals surface area contributed by atoms with Gasteiger partial charge in [0.25, 0.3) is 0 Å². The highest BCUT2D eigenvalue weighted by atomic mass is 16.1. The number of rotatable bonds is 3. The molecule has 0 radical (unpaired) electrons. The van der Waals surface area contributed by atoms with E-state index in [0.29, 0.717) is 5.65 Å². The fourth-order valence-corrected chi connectivity index (χ4v) is 2.13. The van der Waals surface area contributed by atoms with E-state index in [4.69, 9.17) is 0 Å². The Morgan fingerprint density at radius 2 is 1.64 bits per heavy atom. The Morgan fingerprint density at radius 3 is 2.36 bits per heavy atom. The molecule has 5 nitrogen and oxygen atoms in total. The van der Waals surface area contributed by atoms with Crippen LogP contribution in [0.3, 0.4) is 0 Å². The first kappa shape index (κ1) is 16.3. The number of fused-ring (bicyclic) bond motifs is 1. The summed E-state index contributed by atoms with van der Waals surface area (Å²) in [6.45, 7) is 0. The molecular formula is C20H16N4O. The number of carbonyl (C=O) groups excluding carboxylic acids is 1.